The molecule has 1 amide bonds. The van der Waals surface area contributed by atoms with Crippen molar-refractivity contribution in [1.29, 1.82) is 0 Å². The maximum Gasteiger partial charge on any atom is 0.416 e. The summed E-state index contributed by atoms with van der Waals surface area (Å²) in [5, 5.41) is 14.6. The Kier molecular flexibility index (Phi) is 5.54. The number of benzene rings is 2. The van der Waals surface area contributed by atoms with Gasteiger partial charge in [0.05, 0.1) is 11.3 Å². The number of aryl methyl sites for hydroxylation is 1. The molecule has 0 atom stereocenters. The van der Waals surface area contributed by atoms with Crippen molar-refractivity contribution < 1.29 is 23.1 Å². The largest absolute Gasteiger partial charge is 0.506 e. The number of hydrogen-bond donors (Lipinski definition) is 3. The fourth-order valence-corrected chi connectivity index (χ4v) is 2.39. The first kappa shape index (κ1) is 19.0. The smallest absolute Gasteiger partial charge is 0.416 e. The number of nitrogens with one attached hydrogen (secondary N) is 2. The average Bonchev–Trinajstić information content (AvgIpc) is 2.49. The zero-order chi connectivity index (χ0) is 18.8. The summed E-state index contributed by atoms with van der Waals surface area (Å²) >= 11 is 10.7. The molecule has 3 N–H and O–H groups in total. The highest BCUT2D eigenvalue weighted by molar-refractivity contribution is 7.80. The first-order chi connectivity index (χ1) is 11.6. The third-order valence-corrected chi connectivity index (χ3v) is 3.54. The Labute approximate surface area is 151 Å². The molecule has 2 aromatic carbocycles. The summed E-state index contributed by atoms with van der Waals surface area (Å²) < 4.78 is 38.5. The Morgan fingerprint density at radius 1 is 1.20 bits per heavy atom. The number of phenols is 1. The third kappa shape index (κ3) is 5.07. The van der Waals surface area contributed by atoms with Crippen molar-refractivity contribution in [2.45, 2.75) is 13.1 Å². The van der Waals surface area contributed by atoms with Crippen molar-refractivity contribution >= 4 is 40.5 Å². The fraction of sp³-hybridized carbons (Fsp3) is 0.125. The van der Waals surface area contributed by atoms with Crippen molar-refractivity contribution in [3.05, 3.63) is 58.1 Å². The molecular weight excluding hydrogens is 377 g/mol. The normalized spacial score (nSPS) is 11.1. The van der Waals surface area contributed by atoms with E-state index in [2.05, 4.69) is 10.6 Å². The molecule has 0 aliphatic carbocycles. The Hall–Kier alpha value is -2.32. The van der Waals surface area contributed by atoms with Gasteiger partial charge in [-0.25, -0.2) is 0 Å². The first-order valence-electron chi connectivity index (χ1n) is 6.86. The van der Waals surface area contributed by atoms with Crippen molar-refractivity contribution in [2.24, 2.45) is 0 Å². The summed E-state index contributed by atoms with van der Waals surface area (Å²) in [6.07, 6.45) is -4.56. The number of carbonyl (C=O) groups is 1. The number of thiocarbonyl (C=S) groups is 1. The highest BCUT2D eigenvalue weighted by Crippen LogP contribution is 2.30. The summed E-state index contributed by atoms with van der Waals surface area (Å²) in [7, 11) is 0. The molecule has 2 rings (SSSR count). The second kappa shape index (κ2) is 7.28. The van der Waals surface area contributed by atoms with Crippen molar-refractivity contribution in [2.75, 3.05) is 5.32 Å². The molecule has 0 radical (unpaired) electrons. The van der Waals surface area contributed by atoms with Gasteiger partial charge < -0.3 is 10.4 Å². The molecule has 25 heavy (non-hydrogen) atoms. The number of phenolic OH excluding ortho intramolecular Hbond substituents is 1. The van der Waals surface area contributed by atoms with Gasteiger partial charge in [-0.15, -0.1) is 0 Å². The number of halogens is 4. The maximum absolute atomic E-state index is 12.8. The molecule has 0 aliphatic rings. The predicted molar refractivity (Wildman–Crippen MR) is 93.0 cm³/mol. The van der Waals surface area contributed by atoms with Gasteiger partial charge in [0.1, 0.15) is 5.75 Å². The molecular formula is C16H12ClF3N2O2S. The Bertz CT molecular complexity index is 841. The third-order valence-electron chi connectivity index (χ3n) is 3.10. The molecule has 0 saturated carbocycles. The first-order valence-corrected chi connectivity index (χ1v) is 7.64. The number of rotatable bonds is 2. The van der Waals surface area contributed by atoms with Crippen LogP contribution in [0.5, 0.6) is 5.75 Å². The summed E-state index contributed by atoms with van der Waals surface area (Å²) in [6.45, 7) is 1.45. The molecule has 0 heterocycles. The van der Waals surface area contributed by atoms with Crippen LogP contribution in [0.25, 0.3) is 0 Å². The van der Waals surface area contributed by atoms with Gasteiger partial charge in [-0.2, -0.15) is 13.2 Å². The van der Waals surface area contributed by atoms with E-state index in [4.69, 9.17) is 23.8 Å². The van der Waals surface area contributed by atoms with Crippen LogP contribution >= 0.6 is 23.8 Å². The molecule has 0 fully saturated rings. The van der Waals surface area contributed by atoms with E-state index in [9.17, 15) is 23.1 Å². The molecule has 0 saturated heterocycles. The monoisotopic (exact) mass is 388 g/mol. The van der Waals surface area contributed by atoms with Crippen LogP contribution in [0.15, 0.2) is 36.4 Å². The second-order valence-corrected chi connectivity index (χ2v) is 6.00. The quantitative estimate of drug-likeness (QED) is 0.523. The van der Waals surface area contributed by atoms with Gasteiger partial charge in [-0.1, -0.05) is 11.6 Å². The van der Waals surface area contributed by atoms with Crippen molar-refractivity contribution in [3.63, 3.8) is 0 Å². The molecule has 9 heteroatoms. The Balaban J connectivity index is 2.15. The number of amides is 1. The highest BCUT2D eigenvalue weighted by Gasteiger charge is 2.31. The molecule has 0 aliphatic heterocycles. The highest BCUT2D eigenvalue weighted by atomic mass is 35.5. The molecule has 2 aromatic rings. The summed E-state index contributed by atoms with van der Waals surface area (Å²) in [5.41, 5.74) is -0.680. The van der Waals surface area contributed by atoms with Gasteiger partial charge >= 0.3 is 6.18 Å². The molecule has 0 unspecified atom stereocenters. The van der Waals surface area contributed by atoms with E-state index < -0.39 is 17.6 Å². The summed E-state index contributed by atoms with van der Waals surface area (Å²) in [5.74, 6) is -0.968. The van der Waals surface area contributed by atoms with E-state index >= 15 is 0 Å². The van der Waals surface area contributed by atoms with Gasteiger partial charge in [0.25, 0.3) is 5.91 Å². The van der Waals surface area contributed by atoms with Crippen LogP contribution in [0.4, 0.5) is 18.9 Å². The van der Waals surface area contributed by atoms with Crippen LogP contribution in [0.2, 0.25) is 5.02 Å². The lowest BCUT2D eigenvalue weighted by atomic mass is 10.1. The van der Waals surface area contributed by atoms with Crippen LogP contribution in [-0.4, -0.2) is 16.1 Å². The van der Waals surface area contributed by atoms with E-state index in [0.717, 1.165) is 12.1 Å². The lowest BCUT2D eigenvalue weighted by molar-refractivity contribution is -0.137. The maximum atomic E-state index is 12.8. The standard InChI is InChI=1S/C16H12ClF3N2O2S/c1-8-4-9(6-10(5-8)16(18,19)20)14(24)22-15(25)21-12-7-11(17)2-3-13(12)23/h2-7,23H,1H3,(H2,21,22,24,25). The zero-order valence-electron chi connectivity index (χ0n) is 12.7. The minimum Gasteiger partial charge on any atom is -0.506 e. The lowest BCUT2D eigenvalue weighted by Crippen LogP contribution is -2.34. The topological polar surface area (TPSA) is 61.4 Å². The molecule has 4 nitrogen and oxygen atoms in total. The second-order valence-electron chi connectivity index (χ2n) is 5.16. The van der Waals surface area contributed by atoms with Crippen LogP contribution < -0.4 is 10.6 Å². The number of anilines is 1. The molecule has 0 aromatic heterocycles. The van der Waals surface area contributed by atoms with E-state index in [1.165, 1.54) is 31.2 Å². The van der Waals surface area contributed by atoms with Gasteiger partial charge in [0.15, 0.2) is 5.11 Å². The Morgan fingerprint density at radius 2 is 1.88 bits per heavy atom. The average molecular weight is 389 g/mol. The van der Waals surface area contributed by atoms with Crippen LogP contribution in [0, 0.1) is 6.92 Å². The van der Waals surface area contributed by atoms with Gasteiger partial charge in [-0.05, 0) is 61.1 Å². The SMILES string of the molecule is Cc1cc(C(=O)NC(=S)Nc2cc(Cl)ccc2O)cc(C(F)(F)F)c1. The van der Waals surface area contributed by atoms with E-state index in [1.807, 2.05) is 0 Å². The van der Waals surface area contributed by atoms with Gasteiger partial charge in [0, 0.05) is 10.6 Å². The van der Waals surface area contributed by atoms with E-state index in [-0.39, 0.29) is 27.7 Å². The van der Waals surface area contributed by atoms with Crippen LogP contribution in [-0.2, 0) is 6.18 Å². The number of hydrogen-bond acceptors (Lipinski definition) is 3. The van der Waals surface area contributed by atoms with E-state index in [1.54, 1.807) is 0 Å². The fourth-order valence-electron chi connectivity index (χ4n) is 2.02. The molecule has 132 valence electrons. The number of alkyl halides is 3. The van der Waals surface area contributed by atoms with Crippen LogP contribution in [0.1, 0.15) is 21.5 Å². The predicted octanol–water partition coefficient (Wildman–Crippen LogP) is 4.50. The van der Waals surface area contributed by atoms with Crippen LogP contribution in [0.3, 0.4) is 0 Å². The van der Waals surface area contributed by atoms with Crippen molar-refractivity contribution in [1.82, 2.24) is 5.32 Å². The Morgan fingerprint density at radius 3 is 2.52 bits per heavy atom. The molecule has 0 spiro atoms. The minimum atomic E-state index is -4.56. The minimum absolute atomic E-state index is 0.151. The number of aromatic hydroxyl groups is 1. The lowest BCUT2D eigenvalue weighted by Gasteiger charge is -2.13. The molecule has 0 bridgehead atoms. The summed E-state index contributed by atoms with van der Waals surface area (Å²) in [6, 6.07) is 7.15. The summed E-state index contributed by atoms with van der Waals surface area (Å²) in [4.78, 5) is 12.1. The number of carbonyl (C=O) groups excluding carboxylic acids is 1. The zero-order valence-corrected chi connectivity index (χ0v) is 14.3. The van der Waals surface area contributed by atoms with Gasteiger partial charge in [0.2, 0.25) is 0 Å². The van der Waals surface area contributed by atoms with Gasteiger partial charge in [-0.3, -0.25) is 10.1 Å². The van der Waals surface area contributed by atoms with E-state index in [0.29, 0.717) is 5.02 Å². The van der Waals surface area contributed by atoms with Crippen molar-refractivity contribution in [3.8, 4) is 5.75 Å².